The molecule has 0 saturated carbocycles. The zero-order valence-corrected chi connectivity index (χ0v) is 10.5. The summed E-state index contributed by atoms with van der Waals surface area (Å²) in [6, 6.07) is 2.62. The van der Waals surface area contributed by atoms with Gasteiger partial charge in [0.25, 0.3) is 0 Å². The average molecular weight is 279 g/mol. The van der Waals surface area contributed by atoms with Crippen LogP contribution in [0.2, 0.25) is 0 Å². The van der Waals surface area contributed by atoms with Crippen LogP contribution in [-0.4, -0.2) is 16.2 Å². The van der Waals surface area contributed by atoms with Crippen LogP contribution in [0.1, 0.15) is 30.1 Å². The highest BCUT2D eigenvalue weighted by Gasteiger charge is 2.35. The number of hydrogen-bond acceptors (Lipinski definition) is 2. The van der Waals surface area contributed by atoms with Gasteiger partial charge in [-0.1, -0.05) is 0 Å². The highest BCUT2D eigenvalue weighted by Crippen LogP contribution is 2.39. The summed E-state index contributed by atoms with van der Waals surface area (Å²) in [5.41, 5.74) is 2.77. The van der Waals surface area contributed by atoms with Gasteiger partial charge >= 0.3 is 0 Å². The van der Waals surface area contributed by atoms with E-state index in [1.54, 1.807) is 0 Å². The van der Waals surface area contributed by atoms with E-state index in [0.717, 1.165) is 42.7 Å². The fourth-order valence-corrected chi connectivity index (χ4v) is 3.26. The molecule has 4 rings (SSSR count). The lowest BCUT2D eigenvalue weighted by Gasteiger charge is -2.21. The molecule has 2 N–H and O–H groups in total. The quantitative estimate of drug-likeness (QED) is 0.788. The maximum atomic E-state index is 13.4. The molecule has 2 atom stereocenters. The van der Waals surface area contributed by atoms with Crippen LogP contribution in [0.25, 0.3) is 11.3 Å². The third kappa shape index (κ3) is 1.61. The van der Waals surface area contributed by atoms with E-state index >= 15 is 0 Å². The second-order valence-electron chi connectivity index (χ2n) is 5.42. The fraction of sp³-hybridized carbons (Fsp3) is 0.357. The van der Waals surface area contributed by atoms with Crippen LogP contribution in [0.3, 0.4) is 0 Å². The lowest BCUT2D eigenvalue weighted by Crippen LogP contribution is -2.31. The third-order valence-electron chi connectivity index (χ3n) is 4.20. The van der Waals surface area contributed by atoms with E-state index in [1.807, 2.05) is 0 Å². The molecule has 2 bridgehead atoms. The summed E-state index contributed by atoms with van der Waals surface area (Å²) in [6.45, 7) is 0. The Hall–Kier alpha value is -1.82. The summed E-state index contributed by atoms with van der Waals surface area (Å²) in [5.74, 6) is -3.82. The molecule has 3 heterocycles. The Morgan fingerprint density at radius 3 is 2.60 bits per heavy atom. The molecule has 2 unspecified atom stereocenters. The van der Waals surface area contributed by atoms with Gasteiger partial charge in [0.15, 0.2) is 17.5 Å². The van der Waals surface area contributed by atoms with Gasteiger partial charge in [-0.3, -0.25) is 5.10 Å². The second kappa shape index (κ2) is 4.09. The fourth-order valence-electron chi connectivity index (χ4n) is 3.26. The molecular weight excluding hydrogens is 267 g/mol. The maximum Gasteiger partial charge on any atom is 0.194 e. The van der Waals surface area contributed by atoms with Crippen LogP contribution < -0.4 is 5.32 Å². The minimum absolute atomic E-state index is 0.236. The molecule has 1 saturated heterocycles. The number of hydrogen-bond donors (Lipinski definition) is 2. The van der Waals surface area contributed by atoms with Crippen molar-refractivity contribution in [3.8, 4) is 11.3 Å². The zero-order chi connectivity index (χ0) is 13.9. The Balaban J connectivity index is 1.85. The molecule has 1 aromatic carbocycles. The number of aromatic nitrogens is 2. The number of aromatic amines is 1. The molecule has 0 radical (unpaired) electrons. The van der Waals surface area contributed by atoms with Crippen molar-refractivity contribution < 1.29 is 13.2 Å². The summed E-state index contributed by atoms with van der Waals surface area (Å²) in [6.07, 6.45) is 2.89. The van der Waals surface area contributed by atoms with Crippen molar-refractivity contribution in [1.29, 1.82) is 0 Å². The van der Waals surface area contributed by atoms with Crippen molar-refractivity contribution >= 4 is 0 Å². The van der Waals surface area contributed by atoms with Gasteiger partial charge in [0, 0.05) is 23.2 Å². The second-order valence-corrected chi connectivity index (χ2v) is 5.42. The molecule has 6 heteroatoms. The van der Waals surface area contributed by atoms with Gasteiger partial charge in [-0.25, -0.2) is 13.2 Å². The molecule has 0 aliphatic carbocycles. The number of rotatable bonds is 1. The minimum Gasteiger partial charge on any atom is -0.306 e. The van der Waals surface area contributed by atoms with E-state index in [-0.39, 0.29) is 11.6 Å². The van der Waals surface area contributed by atoms with Crippen LogP contribution in [0.4, 0.5) is 13.2 Å². The summed E-state index contributed by atoms with van der Waals surface area (Å²) >= 11 is 0. The average Bonchev–Trinajstić information content (AvgIpc) is 3.01. The first-order chi connectivity index (χ1) is 9.63. The molecule has 1 fully saturated rings. The van der Waals surface area contributed by atoms with E-state index in [1.165, 1.54) is 0 Å². The van der Waals surface area contributed by atoms with Gasteiger partial charge in [-0.05, 0) is 31.4 Å². The third-order valence-corrected chi connectivity index (χ3v) is 4.20. The normalized spacial score (nSPS) is 23.9. The molecule has 2 aromatic rings. The SMILES string of the molecule is Fc1cc(-c2n[nH]c3c2CC2CCC3N2)cc(F)c1F. The summed E-state index contributed by atoms with van der Waals surface area (Å²) in [4.78, 5) is 0. The van der Waals surface area contributed by atoms with Crippen LogP contribution in [0, 0.1) is 17.5 Å². The standard InChI is InChI=1S/C14H12F3N3/c15-9-3-6(4-10(16)12(9)17)13-8-5-7-1-2-11(18-7)14(8)20-19-13/h3-4,7,11,18H,1-2,5H2,(H,19,20). The topological polar surface area (TPSA) is 40.7 Å². The zero-order valence-electron chi connectivity index (χ0n) is 10.5. The largest absolute Gasteiger partial charge is 0.306 e. The number of nitrogens with one attached hydrogen (secondary N) is 2. The summed E-state index contributed by atoms with van der Waals surface area (Å²) < 4.78 is 39.8. The van der Waals surface area contributed by atoms with E-state index in [4.69, 9.17) is 0 Å². The molecular formula is C14H12F3N3. The van der Waals surface area contributed by atoms with Crippen molar-refractivity contribution in [3.05, 3.63) is 40.8 Å². The predicted octanol–water partition coefficient (Wildman–Crippen LogP) is 2.84. The van der Waals surface area contributed by atoms with E-state index < -0.39 is 17.5 Å². The first-order valence-electron chi connectivity index (χ1n) is 6.61. The molecule has 3 nitrogen and oxygen atoms in total. The van der Waals surface area contributed by atoms with Gasteiger partial charge in [0.2, 0.25) is 0 Å². The molecule has 2 aliphatic heterocycles. The van der Waals surface area contributed by atoms with Gasteiger partial charge < -0.3 is 5.32 Å². The minimum atomic E-state index is -1.44. The molecule has 20 heavy (non-hydrogen) atoms. The lowest BCUT2D eigenvalue weighted by atomic mass is 9.96. The predicted molar refractivity (Wildman–Crippen MR) is 66.5 cm³/mol. The van der Waals surface area contributed by atoms with Crippen molar-refractivity contribution in [1.82, 2.24) is 15.5 Å². The van der Waals surface area contributed by atoms with Crippen molar-refractivity contribution in [2.75, 3.05) is 0 Å². The number of benzene rings is 1. The highest BCUT2D eigenvalue weighted by atomic mass is 19.2. The van der Waals surface area contributed by atoms with Gasteiger partial charge in [-0.2, -0.15) is 5.10 Å². The molecule has 104 valence electrons. The Bertz CT molecular complexity index is 672. The van der Waals surface area contributed by atoms with E-state index in [2.05, 4.69) is 15.5 Å². The van der Waals surface area contributed by atoms with E-state index in [0.29, 0.717) is 11.7 Å². The van der Waals surface area contributed by atoms with Gasteiger partial charge in [0.1, 0.15) is 0 Å². The summed E-state index contributed by atoms with van der Waals surface area (Å²) in [5, 5.41) is 10.6. The molecule has 0 spiro atoms. The molecule has 1 aromatic heterocycles. The van der Waals surface area contributed by atoms with Crippen molar-refractivity contribution in [2.24, 2.45) is 0 Å². The van der Waals surface area contributed by atoms with Gasteiger partial charge in [-0.15, -0.1) is 0 Å². The monoisotopic (exact) mass is 279 g/mol. The van der Waals surface area contributed by atoms with Crippen LogP contribution >= 0.6 is 0 Å². The molecule has 2 aliphatic rings. The van der Waals surface area contributed by atoms with E-state index in [9.17, 15) is 13.2 Å². The first kappa shape index (κ1) is 12.0. The smallest absolute Gasteiger partial charge is 0.194 e. The Morgan fingerprint density at radius 1 is 1.10 bits per heavy atom. The number of fused-ring (bicyclic) bond motifs is 4. The Morgan fingerprint density at radius 2 is 1.85 bits per heavy atom. The van der Waals surface area contributed by atoms with Crippen molar-refractivity contribution in [3.63, 3.8) is 0 Å². The Labute approximate surface area is 113 Å². The number of nitrogens with zero attached hydrogens (tertiary/aromatic N) is 1. The van der Waals surface area contributed by atoms with Crippen LogP contribution in [0.15, 0.2) is 12.1 Å². The summed E-state index contributed by atoms with van der Waals surface area (Å²) in [7, 11) is 0. The van der Waals surface area contributed by atoms with Crippen molar-refractivity contribution in [2.45, 2.75) is 31.3 Å². The van der Waals surface area contributed by atoms with Crippen LogP contribution in [-0.2, 0) is 6.42 Å². The Kier molecular flexibility index (Phi) is 2.44. The van der Waals surface area contributed by atoms with Crippen LogP contribution in [0.5, 0.6) is 0 Å². The van der Waals surface area contributed by atoms with Gasteiger partial charge in [0.05, 0.1) is 11.4 Å². The number of halogens is 3. The highest BCUT2D eigenvalue weighted by molar-refractivity contribution is 5.65. The number of H-pyrrole nitrogens is 1. The first-order valence-corrected chi connectivity index (χ1v) is 6.61. The maximum absolute atomic E-state index is 13.4. The lowest BCUT2D eigenvalue weighted by molar-refractivity contribution is 0.447. The molecule has 0 amide bonds.